The first-order valence-corrected chi connectivity index (χ1v) is 9.74. The second-order valence-electron chi connectivity index (χ2n) is 6.77. The van der Waals surface area contributed by atoms with Crippen LogP contribution < -0.4 is 5.32 Å². The van der Waals surface area contributed by atoms with E-state index in [1.807, 2.05) is 17.9 Å². The van der Waals surface area contributed by atoms with Crippen molar-refractivity contribution in [1.82, 2.24) is 19.5 Å². The van der Waals surface area contributed by atoms with Gasteiger partial charge in [0.1, 0.15) is 17.0 Å². The number of nitrogens with one attached hydrogen (secondary N) is 1. The minimum absolute atomic E-state index is 0.162. The Hall–Kier alpha value is -2.73. The molecule has 6 heteroatoms. The van der Waals surface area contributed by atoms with Crippen LogP contribution >= 0.6 is 11.3 Å². The predicted octanol–water partition coefficient (Wildman–Crippen LogP) is 5.06. The van der Waals surface area contributed by atoms with Crippen LogP contribution in [0.2, 0.25) is 0 Å². The van der Waals surface area contributed by atoms with E-state index in [1.165, 1.54) is 29.7 Å². The molecule has 0 amide bonds. The van der Waals surface area contributed by atoms with Gasteiger partial charge in [-0.15, -0.1) is 11.3 Å². The van der Waals surface area contributed by atoms with E-state index >= 15 is 0 Å². The molecule has 0 spiro atoms. The summed E-state index contributed by atoms with van der Waals surface area (Å²) < 4.78 is 2.30. The largest absolute Gasteiger partial charge is 0.363 e. The number of hydrogen-bond acceptors (Lipinski definition) is 5. The molecule has 5 nitrogen and oxygen atoms in total. The summed E-state index contributed by atoms with van der Waals surface area (Å²) in [6.45, 7) is 2.16. The van der Waals surface area contributed by atoms with Crippen LogP contribution in [0.25, 0.3) is 21.5 Å². The highest BCUT2D eigenvalue weighted by molar-refractivity contribution is 7.16. The van der Waals surface area contributed by atoms with Gasteiger partial charge in [-0.1, -0.05) is 24.3 Å². The summed E-state index contributed by atoms with van der Waals surface area (Å²) in [6, 6.07) is 11.6. The lowest BCUT2D eigenvalue weighted by Gasteiger charge is -2.16. The van der Waals surface area contributed by atoms with Crippen molar-refractivity contribution in [3.8, 4) is 11.3 Å². The van der Waals surface area contributed by atoms with Crippen LogP contribution in [-0.4, -0.2) is 19.5 Å². The van der Waals surface area contributed by atoms with Crippen LogP contribution in [0.15, 0.2) is 54.6 Å². The minimum atomic E-state index is 0.162. The van der Waals surface area contributed by atoms with Crippen LogP contribution in [0.1, 0.15) is 37.4 Å². The molecule has 0 unspecified atom stereocenters. The molecule has 26 heavy (non-hydrogen) atoms. The van der Waals surface area contributed by atoms with Crippen LogP contribution in [0.4, 0.5) is 5.82 Å². The van der Waals surface area contributed by atoms with Crippen LogP contribution in [0.5, 0.6) is 0 Å². The minimum Gasteiger partial charge on any atom is -0.363 e. The van der Waals surface area contributed by atoms with Crippen molar-refractivity contribution in [1.29, 1.82) is 0 Å². The SMILES string of the molecule is C[C@H](Nc1ncnc2sccc12)c1ccc(-c2cncn2C2CC2)cc1. The number of aromatic nitrogens is 4. The number of rotatable bonds is 5. The maximum atomic E-state index is 4.41. The second-order valence-corrected chi connectivity index (χ2v) is 7.66. The van der Waals surface area contributed by atoms with Gasteiger partial charge in [0, 0.05) is 12.1 Å². The van der Waals surface area contributed by atoms with Crippen molar-refractivity contribution in [3.05, 3.63) is 60.1 Å². The third-order valence-corrected chi connectivity index (χ3v) is 5.75. The Morgan fingerprint density at radius 2 is 2.00 bits per heavy atom. The van der Waals surface area contributed by atoms with Gasteiger partial charge in [0.15, 0.2) is 0 Å². The zero-order valence-electron chi connectivity index (χ0n) is 14.5. The first-order chi connectivity index (χ1) is 12.8. The summed E-state index contributed by atoms with van der Waals surface area (Å²) in [5.41, 5.74) is 3.65. The molecule has 4 aromatic rings. The summed E-state index contributed by atoms with van der Waals surface area (Å²) in [7, 11) is 0. The third kappa shape index (κ3) is 2.76. The summed E-state index contributed by atoms with van der Waals surface area (Å²) in [5, 5.41) is 6.65. The Labute approximate surface area is 155 Å². The van der Waals surface area contributed by atoms with Crippen molar-refractivity contribution in [2.45, 2.75) is 31.8 Å². The number of nitrogens with zero attached hydrogens (tertiary/aromatic N) is 4. The quantitative estimate of drug-likeness (QED) is 0.540. The van der Waals surface area contributed by atoms with E-state index in [0.717, 1.165) is 16.0 Å². The van der Waals surface area contributed by atoms with Gasteiger partial charge in [-0.3, -0.25) is 0 Å². The van der Waals surface area contributed by atoms with Crippen molar-refractivity contribution >= 4 is 27.4 Å². The monoisotopic (exact) mass is 361 g/mol. The zero-order chi connectivity index (χ0) is 17.5. The second kappa shape index (κ2) is 6.21. The summed E-state index contributed by atoms with van der Waals surface area (Å²) in [5.74, 6) is 0.889. The molecule has 0 saturated heterocycles. The Kier molecular flexibility index (Phi) is 3.71. The van der Waals surface area contributed by atoms with Gasteiger partial charge in [-0.05, 0) is 42.3 Å². The lowest BCUT2D eigenvalue weighted by Crippen LogP contribution is -2.08. The summed E-state index contributed by atoms with van der Waals surface area (Å²) in [6.07, 6.45) is 8.06. The Balaban J connectivity index is 1.38. The Bertz CT molecular complexity index is 1050. The predicted molar refractivity (Wildman–Crippen MR) is 105 cm³/mol. The maximum absolute atomic E-state index is 4.41. The van der Waals surface area contributed by atoms with Gasteiger partial charge >= 0.3 is 0 Å². The molecule has 0 radical (unpaired) electrons. The molecule has 5 rings (SSSR count). The van der Waals surface area contributed by atoms with Crippen LogP contribution in [0.3, 0.4) is 0 Å². The lowest BCUT2D eigenvalue weighted by molar-refractivity contribution is 0.748. The van der Waals surface area contributed by atoms with E-state index in [2.05, 4.69) is 62.1 Å². The molecule has 0 aliphatic heterocycles. The van der Waals surface area contributed by atoms with Gasteiger partial charge in [0.25, 0.3) is 0 Å². The average Bonchev–Trinajstić information content (AvgIpc) is 3.19. The van der Waals surface area contributed by atoms with E-state index in [0.29, 0.717) is 6.04 Å². The third-order valence-electron chi connectivity index (χ3n) is 4.93. The number of thiophene rings is 1. The van der Waals surface area contributed by atoms with E-state index in [9.17, 15) is 0 Å². The fourth-order valence-corrected chi connectivity index (χ4v) is 4.04. The van der Waals surface area contributed by atoms with Crippen LogP contribution in [-0.2, 0) is 0 Å². The highest BCUT2D eigenvalue weighted by Gasteiger charge is 2.25. The molecular weight excluding hydrogens is 342 g/mol. The fourth-order valence-electron chi connectivity index (χ4n) is 3.31. The number of fused-ring (bicyclic) bond motifs is 1. The number of anilines is 1. The van der Waals surface area contributed by atoms with Crippen molar-refractivity contribution in [2.24, 2.45) is 0 Å². The van der Waals surface area contributed by atoms with E-state index in [4.69, 9.17) is 0 Å². The maximum Gasteiger partial charge on any atom is 0.138 e. The van der Waals surface area contributed by atoms with E-state index in [1.54, 1.807) is 17.7 Å². The molecule has 1 fully saturated rings. The topological polar surface area (TPSA) is 55.6 Å². The Morgan fingerprint density at radius 3 is 2.81 bits per heavy atom. The number of hydrogen-bond donors (Lipinski definition) is 1. The van der Waals surface area contributed by atoms with Gasteiger partial charge < -0.3 is 9.88 Å². The molecule has 1 aromatic carbocycles. The van der Waals surface area contributed by atoms with Crippen molar-refractivity contribution in [2.75, 3.05) is 5.32 Å². The molecule has 1 aliphatic rings. The fraction of sp³-hybridized carbons (Fsp3) is 0.250. The molecule has 1 aliphatic carbocycles. The van der Waals surface area contributed by atoms with E-state index in [-0.39, 0.29) is 6.04 Å². The smallest absolute Gasteiger partial charge is 0.138 e. The van der Waals surface area contributed by atoms with Crippen molar-refractivity contribution < 1.29 is 0 Å². The number of benzene rings is 1. The molecule has 1 N–H and O–H groups in total. The van der Waals surface area contributed by atoms with Crippen LogP contribution in [0, 0.1) is 0 Å². The highest BCUT2D eigenvalue weighted by atomic mass is 32.1. The van der Waals surface area contributed by atoms with Gasteiger partial charge in [0.2, 0.25) is 0 Å². The highest BCUT2D eigenvalue weighted by Crippen LogP contribution is 2.38. The first-order valence-electron chi connectivity index (χ1n) is 8.86. The molecule has 1 saturated carbocycles. The van der Waals surface area contributed by atoms with E-state index < -0.39 is 0 Å². The Morgan fingerprint density at radius 1 is 1.15 bits per heavy atom. The van der Waals surface area contributed by atoms with Crippen molar-refractivity contribution in [3.63, 3.8) is 0 Å². The molecule has 3 aromatic heterocycles. The molecular formula is C20H19N5S. The summed E-state index contributed by atoms with van der Waals surface area (Å²) >= 11 is 1.63. The van der Waals surface area contributed by atoms with Gasteiger partial charge in [-0.2, -0.15) is 0 Å². The lowest BCUT2D eigenvalue weighted by atomic mass is 10.0. The normalized spacial score (nSPS) is 15.3. The number of imidazole rings is 1. The molecule has 3 heterocycles. The molecule has 130 valence electrons. The average molecular weight is 361 g/mol. The standard InChI is InChI=1S/C20H19N5S/c1-13(24-19-17-8-9-26-20(17)23-11-22-19)14-2-4-15(5-3-14)18-10-21-12-25(18)16-6-7-16/h2-5,8-13,16H,6-7H2,1H3,(H,22,23,24)/t13-/m0/s1. The molecule has 1 atom stereocenters. The van der Waals surface area contributed by atoms with Gasteiger partial charge in [-0.25, -0.2) is 15.0 Å². The molecule has 0 bridgehead atoms. The zero-order valence-corrected chi connectivity index (χ0v) is 15.3. The first kappa shape index (κ1) is 15.5. The summed E-state index contributed by atoms with van der Waals surface area (Å²) in [4.78, 5) is 14.1. The van der Waals surface area contributed by atoms with Gasteiger partial charge in [0.05, 0.1) is 23.6 Å².